The largest absolute Gasteiger partial charge is 0.0888 e. The first-order chi connectivity index (χ1) is 6.77. The van der Waals surface area contributed by atoms with Gasteiger partial charge >= 0.3 is 0 Å². The highest BCUT2D eigenvalue weighted by atomic mass is 79.9. The molecule has 0 saturated heterocycles. The van der Waals surface area contributed by atoms with Crippen molar-refractivity contribution >= 4 is 15.9 Å². The molecule has 1 aliphatic rings. The first-order valence-corrected chi connectivity index (χ1v) is 7.33. The molecule has 14 heavy (non-hydrogen) atoms. The Morgan fingerprint density at radius 2 is 1.71 bits per heavy atom. The Morgan fingerprint density at radius 1 is 1.07 bits per heavy atom. The van der Waals surface area contributed by atoms with E-state index in [1.807, 2.05) is 0 Å². The van der Waals surface area contributed by atoms with Crippen molar-refractivity contribution in [1.29, 1.82) is 0 Å². The Bertz CT molecular complexity index is 136. The summed E-state index contributed by atoms with van der Waals surface area (Å²) in [6, 6.07) is 0. The molecule has 1 saturated carbocycles. The second kappa shape index (κ2) is 6.87. The highest BCUT2D eigenvalue weighted by Gasteiger charge is 2.24. The Labute approximate surface area is 98.0 Å². The molecule has 0 aromatic heterocycles. The maximum atomic E-state index is 3.86. The number of hydrogen-bond acceptors (Lipinski definition) is 0. The van der Waals surface area contributed by atoms with Crippen molar-refractivity contribution in [2.45, 2.75) is 70.0 Å². The van der Waals surface area contributed by atoms with Crippen molar-refractivity contribution < 1.29 is 0 Å². The van der Waals surface area contributed by atoms with Crippen LogP contribution in [0.15, 0.2) is 0 Å². The summed E-state index contributed by atoms with van der Waals surface area (Å²) in [5, 5.41) is 0. The van der Waals surface area contributed by atoms with Crippen molar-refractivity contribution in [3.8, 4) is 0 Å². The number of alkyl halides is 1. The topological polar surface area (TPSA) is 0 Å². The van der Waals surface area contributed by atoms with Crippen LogP contribution in [0.1, 0.15) is 65.2 Å². The van der Waals surface area contributed by atoms with Crippen LogP contribution >= 0.6 is 15.9 Å². The number of rotatable bonds is 5. The fourth-order valence-corrected chi connectivity index (χ4v) is 3.74. The van der Waals surface area contributed by atoms with Crippen LogP contribution in [-0.4, -0.2) is 4.83 Å². The van der Waals surface area contributed by atoms with Gasteiger partial charge in [0.1, 0.15) is 0 Å². The SMILES string of the molecule is CCCC1CCC(C(Br)CCC)CC1. The predicted molar refractivity (Wildman–Crippen MR) is 68.0 cm³/mol. The van der Waals surface area contributed by atoms with Gasteiger partial charge in [-0.15, -0.1) is 0 Å². The zero-order valence-electron chi connectivity index (χ0n) is 9.77. The van der Waals surface area contributed by atoms with Crippen molar-refractivity contribution in [2.24, 2.45) is 11.8 Å². The summed E-state index contributed by atoms with van der Waals surface area (Å²) in [4.78, 5) is 0.801. The fourth-order valence-electron chi connectivity index (χ4n) is 2.76. The van der Waals surface area contributed by atoms with E-state index in [9.17, 15) is 0 Å². The Morgan fingerprint density at radius 3 is 2.21 bits per heavy atom. The quantitative estimate of drug-likeness (QED) is 0.600. The average molecular weight is 261 g/mol. The first-order valence-electron chi connectivity index (χ1n) is 6.42. The van der Waals surface area contributed by atoms with Crippen LogP contribution in [0.2, 0.25) is 0 Å². The van der Waals surface area contributed by atoms with Crippen LogP contribution in [0.4, 0.5) is 0 Å². The molecule has 1 atom stereocenters. The van der Waals surface area contributed by atoms with Crippen LogP contribution in [0.3, 0.4) is 0 Å². The van der Waals surface area contributed by atoms with E-state index in [0.717, 1.165) is 16.7 Å². The first kappa shape index (κ1) is 12.5. The molecule has 0 heterocycles. The van der Waals surface area contributed by atoms with E-state index in [2.05, 4.69) is 29.8 Å². The van der Waals surface area contributed by atoms with Gasteiger partial charge in [0, 0.05) is 4.83 Å². The van der Waals surface area contributed by atoms with Crippen LogP contribution in [0, 0.1) is 11.8 Å². The third-order valence-electron chi connectivity index (χ3n) is 3.66. The smallest absolute Gasteiger partial charge is 0.0174 e. The van der Waals surface area contributed by atoms with E-state index >= 15 is 0 Å². The third-order valence-corrected chi connectivity index (χ3v) is 4.87. The highest BCUT2D eigenvalue weighted by molar-refractivity contribution is 9.09. The zero-order valence-corrected chi connectivity index (χ0v) is 11.4. The molecule has 0 spiro atoms. The molecule has 0 aliphatic heterocycles. The Hall–Kier alpha value is 0.480. The summed E-state index contributed by atoms with van der Waals surface area (Å²) >= 11 is 3.86. The molecule has 1 heteroatoms. The lowest BCUT2D eigenvalue weighted by molar-refractivity contribution is 0.255. The Kier molecular flexibility index (Phi) is 6.16. The summed E-state index contributed by atoms with van der Waals surface area (Å²) in [7, 11) is 0. The molecule has 1 aliphatic carbocycles. The van der Waals surface area contributed by atoms with Crippen LogP contribution in [0.5, 0.6) is 0 Å². The van der Waals surface area contributed by atoms with Gasteiger partial charge in [0.05, 0.1) is 0 Å². The molecule has 0 nitrogen and oxygen atoms in total. The fraction of sp³-hybridized carbons (Fsp3) is 1.00. The zero-order chi connectivity index (χ0) is 10.4. The van der Waals surface area contributed by atoms with Gasteiger partial charge in [0.25, 0.3) is 0 Å². The summed E-state index contributed by atoms with van der Waals surface area (Å²) in [5.74, 6) is 2.03. The second-order valence-electron chi connectivity index (χ2n) is 4.87. The minimum absolute atomic E-state index is 0.801. The predicted octanol–water partition coefficient (Wildman–Crippen LogP) is 5.16. The molecule has 0 amide bonds. The van der Waals surface area contributed by atoms with Crippen molar-refractivity contribution in [3.63, 3.8) is 0 Å². The normalized spacial score (nSPS) is 30.2. The molecule has 0 N–H and O–H groups in total. The van der Waals surface area contributed by atoms with Gasteiger partial charge in [-0.05, 0) is 31.1 Å². The average Bonchev–Trinajstić information content (AvgIpc) is 2.20. The number of halogens is 1. The third kappa shape index (κ3) is 3.92. The lowest BCUT2D eigenvalue weighted by Crippen LogP contribution is -2.21. The van der Waals surface area contributed by atoms with Crippen LogP contribution in [-0.2, 0) is 0 Å². The standard InChI is InChI=1S/C13H25Br/c1-3-5-11-7-9-12(10-8-11)13(14)6-4-2/h11-13H,3-10H2,1-2H3. The molecule has 0 aromatic carbocycles. The van der Waals surface area contributed by atoms with E-state index in [-0.39, 0.29) is 0 Å². The monoisotopic (exact) mass is 260 g/mol. The minimum Gasteiger partial charge on any atom is -0.0888 e. The summed E-state index contributed by atoms with van der Waals surface area (Å²) < 4.78 is 0. The lowest BCUT2D eigenvalue weighted by atomic mass is 9.78. The molecule has 1 unspecified atom stereocenters. The van der Waals surface area contributed by atoms with E-state index in [1.54, 1.807) is 0 Å². The maximum Gasteiger partial charge on any atom is 0.0174 e. The van der Waals surface area contributed by atoms with Crippen molar-refractivity contribution in [2.75, 3.05) is 0 Å². The van der Waals surface area contributed by atoms with Crippen molar-refractivity contribution in [1.82, 2.24) is 0 Å². The molecule has 1 rings (SSSR count). The summed E-state index contributed by atoms with van der Waals surface area (Å²) in [5.41, 5.74) is 0. The van der Waals surface area contributed by atoms with E-state index in [0.29, 0.717) is 0 Å². The van der Waals surface area contributed by atoms with Gasteiger partial charge in [-0.1, -0.05) is 61.9 Å². The van der Waals surface area contributed by atoms with E-state index in [1.165, 1.54) is 51.4 Å². The highest BCUT2D eigenvalue weighted by Crippen LogP contribution is 2.36. The van der Waals surface area contributed by atoms with Gasteiger partial charge in [-0.3, -0.25) is 0 Å². The lowest BCUT2D eigenvalue weighted by Gasteiger charge is -2.31. The van der Waals surface area contributed by atoms with Crippen LogP contribution < -0.4 is 0 Å². The van der Waals surface area contributed by atoms with Gasteiger partial charge < -0.3 is 0 Å². The Balaban J connectivity index is 2.21. The van der Waals surface area contributed by atoms with E-state index < -0.39 is 0 Å². The molecule has 84 valence electrons. The van der Waals surface area contributed by atoms with Gasteiger partial charge in [0.2, 0.25) is 0 Å². The summed E-state index contributed by atoms with van der Waals surface area (Å²) in [6.45, 7) is 4.60. The van der Waals surface area contributed by atoms with Gasteiger partial charge in [-0.2, -0.15) is 0 Å². The molecular formula is C13H25Br. The number of hydrogen-bond donors (Lipinski definition) is 0. The van der Waals surface area contributed by atoms with Crippen LogP contribution in [0.25, 0.3) is 0 Å². The molecular weight excluding hydrogens is 236 g/mol. The van der Waals surface area contributed by atoms with Gasteiger partial charge in [0.15, 0.2) is 0 Å². The molecule has 0 bridgehead atoms. The van der Waals surface area contributed by atoms with Gasteiger partial charge in [-0.25, -0.2) is 0 Å². The minimum atomic E-state index is 0.801. The van der Waals surface area contributed by atoms with E-state index in [4.69, 9.17) is 0 Å². The summed E-state index contributed by atoms with van der Waals surface area (Å²) in [6.07, 6.45) is 11.5. The molecule has 0 radical (unpaired) electrons. The molecule has 1 fully saturated rings. The maximum absolute atomic E-state index is 3.86. The van der Waals surface area contributed by atoms with Crippen molar-refractivity contribution in [3.05, 3.63) is 0 Å². The second-order valence-corrected chi connectivity index (χ2v) is 6.05. The molecule has 0 aromatic rings.